The van der Waals surface area contributed by atoms with Gasteiger partial charge in [0.15, 0.2) is 0 Å². The molecule has 0 radical (unpaired) electrons. The van der Waals surface area contributed by atoms with Gasteiger partial charge >= 0.3 is 0 Å². The molecule has 2 heteroatoms. The van der Waals surface area contributed by atoms with Crippen LogP contribution in [-0.2, 0) is 0 Å². The van der Waals surface area contributed by atoms with Crippen molar-refractivity contribution in [3.05, 3.63) is 41.7 Å². The van der Waals surface area contributed by atoms with Crippen molar-refractivity contribution in [1.29, 1.82) is 0 Å². The Bertz CT molecular complexity index is 538. The molecule has 0 fully saturated rings. The molecule has 0 aliphatic rings. The molecular formula is C12H7FO. The van der Waals surface area contributed by atoms with Crippen LogP contribution in [0, 0.1) is 18.2 Å². The van der Waals surface area contributed by atoms with Crippen molar-refractivity contribution in [3.63, 3.8) is 0 Å². The van der Waals surface area contributed by atoms with Crippen molar-refractivity contribution in [2.24, 2.45) is 0 Å². The summed E-state index contributed by atoms with van der Waals surface area (Å²) in [6.07, 6.45) is 5.25. The monoisotopic (exact) mass is 186 g/mol. The lowest BCUT2D eigenvalue weighted by Crippen LogP contribution is -1.82. The van der Waals surface area contributed by atoms with Gasteiger partial charge in [-0.15, -0.1) is 6.42 Å². The van der Waals surface area contributed by atoms with E-state index in [-0.39, 0.29) is 11.6 Å². The summed E-state index contributed by atoms with van der Waals surface area (Å²) < 4.78 is 12.9. The minimum absolute atomic E-state index is 0.0478. The van der Waals surface area contributed by atoms with Crippen LogP contribution in [0.2, 0.25) is 0 Å². The minimum atomic E-state index is -0.314. The normalized spacial score (nSPS) is 10.0. The van der Waals surface area contributed by atoms with Gasteiger partial charge in [0.1, 0.15) is 11.6 Å². The molecule has 0 unspecified atom stereocenters. The summed E-state index contributed by atoms with van der Waals surface area (Å²) in [4.78, 5) is 0. The fourth-order valence-corrected chi connectivity index (χ4v) is 1.44. The van der Waals surface area contributed by atoms with E-state index in [1.807, 2.05) is 0 Å². The van der Waals surface area contributed by atoms with Gasteiger partial charge in [-0.05, 0) is 23.6 Å². The molecule has 0 saturated heterocycles. The van der Waals surface area contributed by atoms with E-state index in [2.05, 4.69) is 5.92 Å². The second-order valence-corrected chi connectivity index (χ2v) is 2.97. The van der Waals surface area contributed by atoms with Crippen molar-refractivity contribution in [2.75, 3.05) is 0 Å². The zero-order valence-corrected chi connectivity index (χ0v) is 7.29. The van der Waals surface area contributed by atoms with Crippen molar-refractivity contribution >= 4 is 10.8 Å². The van der Waals surface area contributed by atoms with Crippen LogP contribution >= 0.6 is 0 Å². The molecule has 0 bridgehead atoms. The van der Waals surface area contributed by atoms with Crippen LogP contribution in [0.15, 0.2) is 30.3 Å². The third kappa shape index (κ3) is 1.20. The Labute approximate surface area is 80.8 Å². The highest BCUT2D eigenvalue weighted by Crippen LogP contribution is 2.26. The van der Waals surface area contributed by atoms with Crippen LogP contribution in [-0.4, -0.2) is 5.11 Å². The maximum atomic E-state index is 12.9. The second-order valence-electron chi connectivity index (χ2n) is 2.97. The third-order valence-electron chi connectivity index (χ3n) is 2.10. The molecular weight excluding hydrogens is 179 g/mol. The molecule has 0 saturated carbocycles. The molecule has 1 nitrogen and oxygen atoms in total. The van der Waals surface area contributed by atoms with Gasteiger partial charge in [0.25, 0.3) is 0 Å². The van der Waals surface area contributed by atoms with Crippen LogP contribution in [0.3, 0.4) is 0 Å². The molecule has 68 valence electrons. The van der Waals surface area contributed by atoms with Crippen LogP contribution in [0.25, 0.3) is 10.8 Å². The number of hydrogen-bond acceptors (Lipinski definition) is 1. The summed E-state index contributed by atoms with van der Waals surface area (Å²) >= 11 is 0. The van der Waals surface area contributed by atoms with Gasteiger partial charge in [-0.2, -0.15) is 0 Å². The summed E-state index contributed by atoms with van der Waals surface area (Å²) in [5, 5.41) is 10.8. The molecule has 0 aromatic heterocycles. The average molecular weight is 186 g/mol. The van der Waals surface area contributed by atoms with Crippen LogP contribution in [0.4, 0.5) is 4.39 Å². The third-order valence-corrected chi connectivity index (χ3v) is 2.10. The Kier molecular flexibility index (Phi) is 1.86. The highest BCUT2D eigenvalue weighted by atomic mass is 19.1. The molecule has 14 heavy (non-hydrogen) atoms. The first kappa shape index (κ1) is 8.58. The number of aromatic hydroxyl groups is 1. The maximum absolute atomic E-state index is 12.9. The van der Waals surface area contributed by atoms with E-state index in [1.165, 1.54) is 18.2 Å². The van der Waals surface area contributed by atoms with Gasteiger partial charge < -0.3 is 5.11 Å². The van der Waals surface area contributed by atoms with Gasteiger partial charge in [0.2, 0.25) is 0 Å². The molecule has 1 N–H and O–H groups in total. The fraction of sp³-hybridized carbons (Fsp3) is 0. The fourth-order valence-electron chi connectivity index (χ4n) is 1.44. The van der Waals surface area contributed by atoms with E-state index in [4.69, 9.17) is 6.42 Å². The maximum Gasteiger partial charge on any atom is 0.131 e. The zero-order valence-electron chi connectivity index (χ0n) is 7.29. The molecule has 0 atom stereocenters. The van der Waals surface area contributed by atoms with Crippen LogP contribution in [0.1, 0.15) is 5.56 Å². The van der Waals surface area contributed by atoms with Crippen molar-refractivity contribution < 1.29 is 9.50 Å². The smallest absolute Gasteiger partial charge is 0.131 e. The summed E-state index contributed by atoms with van der Waals surface area (Å²) in [6, 6.07) is 7.38. The molecule has 2 aromatic carbocycles. The standard InChI is InChI=1S/C12H7FO/c1-2-10-11-5-4-9(13)7-8(11)3-6-12(10)14/h1,3-7,14H. The van der Waals surface area contributed by atoms with E-state index in [0.29, 0.717) is 16.3 Å². The van der Waals surface area contributed by atoms with Gasteiger partial charge in [0, 0.05) is 5.39 Å². The molecule has 2 aromatic rings. The van der Waals surface area contributed by atoms with Gasteiger partial charge in [-0.25, -0.2) is 4.39 Å². The highest BCUT2D eigenvalue weighted by Gasteiger charge is 2.04. The lowest BCUT2D eigenvalue weighted by Gasteiger charge is -2.03. The summed E-state index contributed by atoms with van der Waals surface area (Å²) in [5.74, 6) is 2.12. The summed E-state index contributed by atoms with van der Waals surface area (Å²) in [6.45, 7) is 0. The first-order valence-electron chi connectivity index (χ1n) is 4.10. The van der Waals surface area contributed by atoms with E-state index in [9.17, 15) is 9.50 Å². The topological polar surface area (TPSA) is 20.2 Å². The van der Waals surface area contributed by atoms with Crippen LogP contribution in [0.5, 0.6) is 5.75 Å². The Morgan fingerprint density at radius 3 is 2.71 bits per heavy atom. The number of fused-ring (bicyclic) bond motifs is 1. The van der Waals surface area contributed by atoms with E-state index < -0.39 is 0 Å². The van der Waals surface area contributed by atoms with Crippen molar-refractivity contribution in [2.45, 2.75) is 0 Å². The van der Waals surface area contributed by atoms with Crippen molar-refractivity contribution in [3.8, 4) is 18.1 Å². The number of hydrogen-bond donors (Lipinski definition) is 1. The Morgan fingerprint density at radius 1 is 1.21 bits per heavy atom. The lowest BCUT2D eigenvalue weighted by molar-refractivity contribution is 0.474. The van der Waals surface area contributed by atoms with Crippen LogP contribution < -0.4 is 0 Å². The van der Waals surface area contributed by atoms with E-state index >= 15 is 0 Å². The molecule has 0 amide bonds. The summed E-state index contributed by atoms with van der Waals surface area (Å²) in [5.41, 5.74) is 0.405. The summed E-state index contributed by atoms with van der Waals surface area (Å²) in [7, 11) is 0. The van der Waals surface area contributed by atoms with Gasteiger partial charge in [0.05, 0.1) is 5.56 Å². The Morgan fingerprint density at radius 2 is 2.00 bits per heavy atom. The zero-order chi connectivity index (χ0) is 10.1. The van der Waals surface area contributed by atoms with Gasteiger partial charge in [-0.3, -0.25) is 0 Å². The molecule has 0 spiro atoms. The minimum Gasteiger partial charge on any atom is -0.507 e. The van der Waals surface area contributed by atoms with E-state index in [0.717, 1.165) is 0 Å². The number of rotatable bonds is 0. The largest absolute Gasteiger partial charge is 0.507 e. The van der Waals surface area contributed by atoms with E-state index in [1.54, 1.807) is 12.1 Å². The average Bonchev–Trinajstić information content (AvgIpc) is 2.18. The molecule has 2 rings (SSSR count). The number of halogens is 1. The lowest BCUT2D eigenvalue weighted by atomic mass is 10.0. The highest BCUT2D eigenvalue weighted by molar-refractivity contribution is 5.90. The quantitative estimate of drug-likeness (QED) is 0.627. The number of benzene rings is 2. The first-order valence-corrected chi connectivity index (χ1v) is 4.10. The number of phenols is 1. The number of terminal acetylenes is 1. The first-order chi connectivity index (χ1) is 6.72. The SMILES string of the molecule is C#Cc1c(O)ccc2cc(F)ccc12. The Hall–Kier alpha value is -2.01. The molecule has 0 heterocycles. The second kappa shape index (κ2) is 3.04. The van der Waals surface area contributed by atoms with Gasteiger partial charge in [-0.1, -0.05) is 18.1 Å². The predicted octanol–water partition coefficient (Wildman–Crippen LogP) is 2.67. The number of phenolic OH excluding ortho intramolecular Hbond substituents is 1. The molecule has 0 aliphatic carbocycles. The van der Waals surface area contributed by atoms with Crippen molar-refractivity contribution in [1.82, 2.24) is 0 Å². The predicted molar refractivity (Wildman–Crippen MR) is 53.5 cm³/mol. The molecule has 0 aliphatic heterocycles. The Balaban J connectivity index is 2.90.